The van der Waals surface area contributed by atoms with Crippen LogP contribution in [-0.2, 0) is 0 Å². The van der Waals surface area contributed by atoms with E-state index in [1.807, 2.05) is 30.3 Å². The van der Waals surface area contributed by atoms with Crippen LogP contribution in [0.3, 0.4) is 0 Å². The SMILES string of the molecule is O=C(O)c1cc(Br)ccc1Sc1ccc(Br)cc1. The van der Waals surface area contributed by atoms with Crippen LogP contribution in [0.15, 0.2) is 61.2 Å². The van der Waals surface area contributed by atoms with E-state index in [0.717, 1.165) is 18.7 Å². The van der Waals surface area contributed by atoms with Crippen molar-refractivity contribution >= 4 is 49.6 Å². The first-order valence-corrected chi connectivity index (χ1v) is 7.43. The van der Waals surface area contributed by atoms with Crippen LogP contribution in [0, 0.1) is 0 Å². The molecule has 0 amide bonds. The topological polar surface area (TPSA) is 37.3 Å². The molecule has 5 heteroatoms. The van der Waals surface area contributed by atoms with Crippen molar-refractivity contribution in [1.82, 2.24) is 0 Å². The van der Waals surface area contributed by atoms with Crippen molar-refractivity contribution in [3.8, 4) is 0 Å². The lowest BCUT2D eigenvalue weighted by Gasteiger charge is -2.06. The fraction of sp³-hybridized carbons (Fsp3) is 0. The molecule has 2 rings (SSSR count). The first-order chi connectivity index (χ1) is 8.56. The molecule has 92 valence electrons. The van der Waals surface area contributed by atoms with Gasteiger partial charge in [0.15, 0.2) is 0 Å². The molecule has 0 atom stereocenters. The lowest BCUT2D eigenvalue weighted by Crippen LogP contribution is -1.98. The van der Waals surface area contributed by atoms with Crippen molar-refractivity contribution in [3.05, 3.63) is 57.0 Å². The summed E-state index contributed by atoms with van der Waals surface area (Å²) in [7, 11) is 0. The number of hydrogen-bond acceptors (Lipinski definition) is 2. The van der Waals surface area contributed by atoms with Crippen LogP contribution < -0.4 is 0 Å². The van der Waals surface area contributed by atoms with E-state index in [1.165, 1.54) is 11.8 Å². The van der Waals surface area contributed by atoms with Gasteiger partial charge >= 0.3 is 5.97 Å². The van der Waals surface area contributed by atoms with Gasteiger partial charge in [-0.15, -0.1) is 0 Å². The van der Waals surface area contributed by atoms with Crippen LogP contribution in [0.25, 0.3) is 0 Å². The number of aromatic carboxylic acids is 1. The molecule has 0 aliphatic rings. The van der Waals surface area contributed by atoms with Gasteiger partial charge in [-0.2, -0.15) is 0 Å². The molecule has 0 aliphatic carbocycles. The predicted octanol–water partition coefficient (Wildman–Crippen LogP) is 5.06. The Morgan fingerprint density at radius 1 is 1.00 bits per heavy atom. The van der Waals surface area contributed by atoms with Gasteiger partial charge in [0.25, 0.3) is 0 Å². The summed E-state index contributed by atoms with van der Waals surface area (Å²) in [5.41, 5.74) is 0.303. The number of carboxylic acid groups (broad SMARTS) is 1. The summed E-state index contributed by atoms with van der Waals surface area (Å²) in [6.07, 6.45) is 0. The second-order valence-electron chi connectivity index (χ2n) is 3.50. The van der Waals surface area contributed by atoms with E-state index < -0.39 is 5.97 Å². The Morgan fingerprint density at radius 3 is 2.22 bits per heavy atom. The Bertz CT molecular complexity index is 582. The zero-order chi connectivity index (χ0) is 13.1. The maximum atomic E-state index is 11.2. The second kappa shape index (κ2) is 5.91. The molecular weight excluding hydrogens is 380 g/mol. The van der Waals surface area contributed by atoms with Crippen molar-refractivity contribution in [2.45, 2.75) is 9.79 Å². The minimum Gasteiger partial charge on any atom is -0.478 e. The van der Waals surface area contributed by atoms with Crippen LogP contribution in [0.5, 0.6) is 0 Å². The Labute approximate surface area is 126 Å². The highest BCUT2D eigenvalue weighted by molar-refractivity contribution is 9.10. The van der Waals surface area contributed by atoms with Gasteiger partial charge in [-0.05, 0) is 42.5 Å². The van der Waals surface area contributed by atoms with Crippen molar-refractivity contribution in [1.29, 1.82) is 0 Å². The molecule has 2 aromatic carbocycles. The first-order valence-electron chi connectivity index (χ1n) is 5.02. The van der Waals surface area contributed by atoms with E-state index in [1.54, 1.807) is 12.1 Å². The summed E-state index contributed by atoms with van der Waals surface area (Å²) < 4.78 is 1.76. The molecule has 0 radical (unpaired) electrons. The third-order valence-electron chi connectivity index (χ3n) is 2.21. The molecule has 18 heavy (non-hydrogen) atoms. The number of benzene rings is 2. The maximum absolute atomic E-state index is 11.2. The van der Waals surface area contributed by atoms with Gasteiger partial charge < -0.3 is 5.11 Å². The predicted molar refractivity (Wildman–Crippen MR) is 79.4 cm³/mol. The molecular formula is C13H8Br2O2S. The van der Waals surface area contributed by atoms with E-state index in [-0.39, 0.29) is 0 Å². The first kappa shape index (κ1) is 13.6. The Kier molecular flexibility index (Phi) is 4.48. The monoisotopic (exact) mass is 386 g/mol. The van der Waals surface area contributed by atoms with Gasteiger partial charge in [-0.3, -0.25) is 0 Å². The standard InChI is InChI=1S/C13H8Br2O2S/c14-8-1-4-10(5-2-8)18-12-6-3-9(15)7-11(12)13(16)17/h1-7H,(H,16,17). The number of rotatable bonds is 3. The van der Waals surface area contributed by atoms with E-state index in [9.17, 15) is 9.90 Å². The molecule has 0 bridgehead atoms. The molecule has 2 nitrogen and oxygen atoms in total. The zero-order valence-corrected chi connectivity index (χ0v) is 13.0. The summed E-state index contributed by atoms with van der Waals surface area (Å²) >= 11 is 8.09. The highest BCUT2D eigenvalue weighted by Crippen LogP contribution is 2.32. The van der Waals surface area contributed by atoms with Crippen molar-refractivity contribution < 1.29 is 9.90 Å². The van der Waals surface area contributed by atoms with Crippen LogP contribution in [0.2, 0.25) is 0 Å². The smallest absolute Gasteiger partial charge is 0.336 e. The molecule has 0 saturated carbocycles. The molecule has 2 aromatic rings. The fourth-order valence-corrected chi connectivity index (χ4v) is 2.93. The third kappa shape index (κ3) is 3.37. The quantitative estimate of drug-likeness (QED) is 0.799. The van der Waals surface area contributed by atoms with E-state index in [0.29, 0.717) is 5.56 Å². The van der Waals surface area contributed by atoms with Crippen LogP contribution in [0.1, 0.15) is 10.4 Å². The summed E-state index contributed by atoms with van der Waals surface area (Å²) in [4.78, 5) is 12.9. The van der Waals surface area contributed by atoms with Crippen LogP contribution in [-0.4, -0.2) is 11.1 Å². The van der Waals surface area contributed by atoms with Gasteiger partial charge in [0.05, 0.1) is 5.56 Å². The van der Waals surface area contributed by atoms with Crippen molar-refractivity contribution in [2.24, 2.45) is 0 Å². The van der Waals surface area contributed by atoms with E-state index >= 15 is 0 Å². The Hall–Kier alpha value is -0.780. The highest BCUT2D eigenvalue weighted by Gasteiger charge is 2.11. The average molecular weight is 388 g/mol. The Morgan fingerprint density at radius 2 is 1.61 bits per heavy atom. The van der Waals surface area contributed by atoms with Crippen molar-refractivity contribution in [3.63, 3.8) is 0 Å². The van der Waals surface area contributed by atoms with E-state index in [4.69, 9.17) is 0 Å². The highest BCUT2D eigenvalue weighted by atomic mass is 79.9. The zero-order valence-electron chi connectivity index (χ0n) is 9.06. The molecule has 0 heterocycles. The van der Waals surface area contributed by atoms with Gasteiger partial charge in [0.1, 0.15) is 0 Å². The Balaban J connectivity index is 2.34. The van der Waals surface area contributed by atoms with Crippen LogP contribution in [0.4, 0.5) is 0 Å². The number of hydrogen-bond donors (Lipinski definition) is 1. The molecule has 0 unspecified atom stereocenters. The molecule has 0 aliphatic heterocycles. The summed E-state index contributed by atoms with van der Waals surface area (Å²) in [6.45, 7) is 0. The molecule has 0 spiro atoms. The number of carboxylic acids is 1. The van der Waals surface area contributed by atoms with E-state index in [2.05, 4.69) is 31.9 Å². The van der Waals surface area contributed by atoms with Gasteiger partial charge in [0.2, 0.25) is 0 Å². The lowest BCUT2D eigenvalue weighted by molar-refractivity contribution is 0.0693. The summed E-state index contributed by atoms with van der Waals surface area (Å²) in [5.74, 6) is -0.920. The number of halogens is 2. The maximum Gasteiger partial charge on any atom is 0.336 e. The van der Waals surface area contributed by atoms with Crippen LogP contribution >= 0.6 is 43.6 Å². The summed E-state index contributed by atoms with van der Waals surface area (Å²) in [5, 5.41) is 9.17. The lowest BCUT2D eigenvalue weighted by atomic mass is 10.2. The molecule has 0 fully saturated rings. The minimum atomic E-state index is -0.920. The summed E-state index contributed by atoms with van der Waals surface area (Å²) in [6, 6.07) is 13.0. The molecule has 0 aromatic heterocycles. The minimum absolute atomic E-state index is 0.303. The van der Waals surface area contributed by atoms with Crippen molar-refractivity contribution in [2.75, 3.05) is 0 Å². The molecule has 0 saturated heterocycles. The van der Waals surface area contributed by atoms with Gasteiger partial charge in [-0.25, -0.2) is 4.79 Å². The third-order valence-corrected chi connectivity index (χ3v) is 4.32. The number of carbonyl (C=O) groups is 1. The normalized spacial score (nSPS) is 10.3. The van der Waals surface area contributed by atoms with Gasteiger partial charge in [0, 0.05) is 18.7 Å². The van der Waals surface area contributed by atoms with Gasteiger partial charge in [-0.1, -0.05) is 43.6 Å². The fourth-order valence-electron chi connectivity index (χ4n) is 1.39. The average Bonchev–Trinajstić information content (AvgIpc) is 2.34. The molecule has 1 N–H and O–H groups in total. The largest absolute Gasteiger partial charge is 0.478 e. The second-order valence-corrected chi connectivity index (χ2v) is 6.45.